The quantitative estimate of drug-likeness (QED) is 0.207. The molecule has 0 aromatic rings. The molecular formula is C15H30Cl2Si. The van der Waals surface area contributed by atoms with Crippen molar-refractivity contribution in [3.8, 4) is 0 Å². The second-order valence-electron chi connectivity index (χ2n) is 5.37. The van der Waals surface area contributed by atoms with Crippen LogP contribution in [0.15, 0.2) is 0 Å². The lowest BCUT2D eigenvalue weighted by Crippen LogP contribution is -1.98. The van der Waals surface area contributed by atoms with Crippen LogP contribution < -0.4 is 0 Å². The predicted molar refractivity (Wildman–Crippen MR) is 87.3 cm³/mol. The third kappa shape index (κ3) is 14.9. The molecule has 0 aliphatic heterocycles. The molecule has 0 aliphatic rings. The predicted octanol–water partition coefficient (Wildman–Crippen LogP) is 6.50. The zero-order valence-corrected chi connectivity index (χ0v) is 14.7. The summed E-state index contributed by atoms with van der Waals surface area (Å²) in [6, 6.07) is 2.92. The first-order valence-electron chi connectivity index (χ1n) is 7.65. The molecule has 1 atom stereocenters. The molecule has 0 rings (SSSR count). The fourth-order valence-corrected chi connectivity index (χ4v) is 3.72. The summed E-state index contributed by atoms with van der Waals surface area (Å²) in [6.07, 6.45) is 11.8. The van der Waals surface area contributed by atoms with Crippen LogP contribution in [0.25, 0.3) is 0 Å². The second-order valence-corrected chi connectivity index (χ2v) is 8.06. The molecule has 0 aliphatic carbocycles. The molecule has 18 heavy (non-hydrogen) atoms. The van der Waals surface area contributed by atoms with Gasteiger partial charge in [-0.25, -0.2) is 0 Å². The van der Waals surface area contributed by atoms with Gasteiger partial charge in [0.25, 0.3) is 0 Å². The van der Waals surface area contributed by atoms with E-state index in [1.807, 2.05) is 0 Å². The first kappa shape index (κ1) is 18.8. The zero-order valence-electron chi connectivity index (χ0n) is 12.2. The molecule has 0 aromatic carbocycles. The van der Waals surface area contributed by atoms with Crippen molar-refractivity contribution in [2.24, 2.45) is 5.92 Å². The van der Waals surface area contributed by atoms with Crippen LogP contribution in [0.3, 0.4) is 0 Å². The van der Waals surface area contributed by atoms with Crippen molar-refractivity contribution in [1.82, 2.24) is 0 Å². The average Bonchev–Trinajstić information content (AvgIpc) is 2.35. The van der Waals surface area contributed by atoms with Crippen LogP contribution in [0.5, 0.6) is 0 Å². The van der Waals surface area contributed by atoms with E-state index >= 15 is 0 Å². The Balaban J connectivity index is 2.99. The zero-order chi connectivity index (χ0) is 13.6. The Morgan fingerprint density at radius 1 is 0.889 bits per heavy atom. The van der Waals surface area contributed by atoms with E-state index in [-0.39, 0.29) is 4.84 Å². The van der Waals surface area contributed by atoms with Gasteiger partial charge in [0.15, 0.2) is 0 Å². The van der Waals surface area contributed by atoms with Crippen molar-refractivity contribution >= 4 is 32.7 Å². The van der Waals surface area contributed by atoms with Gasteiger partial charge in [0.2, 0.25) is 0 Å². The molecule has 0 heterocycles. The van der Waals surface area contributed by atoms with Gasteiger partial charge in [-0.05, 0) is 12.3 Å². The molecule has 0 aromatic heterocycles. The lowest BCUT2D eigenvalue weighted by molar-refractivity contribution is 0.581. The lowest BCUT2D eigenvalue weighted by atomic mass is 10.1. The number of hydrogen-bond acceptors (Lipinski definition) is 0. The summed E-state index contributed by atoms with van der Waals surface area (Å²) in [4.78, 5) is -0.156. The van der Waals surface area contributed by atoms with E-state index < -0.39 is 0 Å². The standard InChI is InChI=1S/C15H30Cl2Si/c1-3-14(2)13-18-12-10-8-6-4-5-7-9-11-15(16)17/h14-15H,3-13H2,1-2H3/t14-/m0/s1. The molecule has 0 nitrogen and oxygen atoms in total. The van der Waals surface area contributed by atoms with Crippen molar-refractivity contribution in [1.29, 1.82) is 0 Å². The molecule has 0 saturated carbocycles. The highest BCUT2D eigenvalue weighted by Crippen LogP contribution is 2.15. The van der Waals surface area contributed by atoms with Crippen molar-refractivity contribution in [2.45, 2.75) is 88.6 Å². The van der Waals surface area contributed by atoms with Gasteiger partial charge >= 0.3 is 0 Å². The van der Waals surface area contributed by atoms with E-state index in [1.54, 1.807) is 0 Å². The maximum atomic E-state index is 5.69. The minimum absolute atomic E-state index is 0.156. The summed E-state index contributed by atoms with van der Waals surface area (Å²) in [5.41, 5.74) is 0. The smallest absolute Gasteiger partial charge is 0.105 e. The van der Waals surface area contributed by atoms with E-state index in [1.165, 1.54) is 73.0 Å². The van der Waals surface area contributed by atoms with E-state index in [9.17, 15) is 0 Å². The van der Waals surface area contributed by atoms with Crippen molar-refractivity contribution in [3.63, 3.8) is 0 Å². The minimum Gasteiger partial charge on any atom is -0.105 e. The Kier molecular flexibility index (Phi) is 14.8. The number of hydrogen-bond donors (Lipinski definition) is 0. The largest absolute Gasteiger partial charge is 0.107 e. The van der Waals surface area contributed by atoms with E-state index in [0.29, 0.717) is 0 Å². The molecule has 108 valence electrons. The summed E-state index contributed by atoms with van der Waals surface area (Å²) in [5, 5.41) is 0. The number of unbranched alkanes of at least 4 members (excludes halogenated alkanes) is 6. The second kappa shape index (κ2) is 14.2. The van der Waals surface area contributed by atoms with Crippen LogP contribution in [0, 0.1) is 5.92 Å². The molecule has 0 spiro atoms. The fourth-order valence-electron chi connectivity index (χ4n) is 1.93. The molecule has 0 amide bonds. The first-order valence-corrected chi connectivity index (χ1v) is 9.94. The first-order chi connectivity index (χ1) is 8.66. The van der Waals surface area contributed by atoms with Crippen molar-refractivity contribution < 1.29 is 0 Å². The molecule has 0 bridgehead atoms. The maximum Gasteiger partial charge on any atom is 0.107 e. The van der Waals surface area contributed by atoms with Crippen LogP contribution in [-0.4, -0.2) is 14.4 Å². The highest BCUT2D eigenvalue weighted by molar-refractivity contribution is 6.44. The number of halogens is 2. The average molecular weight is 309 g/mol. The molecule has 3 heteroatoms. The Morgan fingerprint density at radius 2 is 1.44 bits per heavy atom. The highest BCUT2D eigenvalue weighted by atomic mass is 35.5. The molecule has 0 unspecified atom stereocenters. The van der Waals surface area contributed by atoms with Gasteiger partial charge in [0, 0.05) is 9.52 Å². The van der Waals surface area contributed by atoms with Crippen LogP contribution in [0.1, 0.15) is 71.6 Å². The molecule has 0 N–H and O–H groups in total. The minimum atomic E-state index is -0.156. The number of rotatable bonds is 13. The monoisotopic (exact) mass is 308 g/mol. The normalized spacial score (nSPS) is 13.2. The summed E-state index contributed by atoms with van der Waals surface area (Å²) >= 11 is 11.4. The maximum absolute atomic E-state index is 5.69. The Hall–Kier alpha value is 0.797. The van der Waals surface area contributed by atoms with E-state index in [0.717, 1.165) is 12.3 Å². The fraction of sp³-hybridized carbons (Fsp3) is 1.00. The van der Waals surface area contributed by atoms with Gasteiger partial charge in [-0.15, -0.1) is 23.2 Å². The third-order valence-electron chi connectivity index (χ3n) is 3.47. The Morgan fingerprint density at radius 3 is 2.00 bits per heavy atom. The van der Waals surface area contributed by atoms with Crippen molar-refractivity contribution in [2.75, 3.05) is 0 Å². The van der Waals surface area contributed by atoms with Crippen molar-refractivity contribution in [3.05, 3.63) is 0 Å². The number of alkyl halides is 2. The molecule has 0 saturated heterocycles. The van der Waals surface area contributed by atoms with Gasteiger partial charge < -0.3 is 0 Å². The SMILES string of the molecule is CC[C@H](C)C[Si]CCCCCCCCCC(Cl)Cl. The van der Waals surface area contributed by atoms with Crippen LogP contribution in [0.2, 0.25) is 12.1 Å². The molecular weight excluding hydrogens is 279 g/mol. The van der Waals surface area contributed by atoms with Gasteiger partial charge in [0.05, 0.1) is 0 Å². The highest BCUT2D eigenvalue weighted by Gasteiger charge is 2.00. The Labute approximate surface area is 127 Å². The lowest BCUT2D eigenvalue weighted by Gasteiger charge is -2.06. The van der Waals surface area contributed by atoms with Crippen LogP contribution in [-0.2, 0) is 0 Å². The van der Waals surface area contributed by atoms with E-state index in [2.05, 4.69) is 13.8 Å². The van der Waals surface area contributed by atoms with Gasteiger partial charge in [0.1, 0.15) is 4.84 Å². The summed E-state index contributed by atoms with van der Waals surface area (Å²) < 4.78 is 0. The van der Waals surface area contributed by atoms with E-state index in [4.69, 9.17) is 23.2 Å². The van der Waals surface area contributed by atoms with Crippen LogP contribution in [0.4, 0.5) is 0 Å². The van der Waals surface area contributed by atoms with Crippen LogP contribution >= 0.6 is 23.2 Å². The molecule has 2 radical (unpaired) electrons. The van der Waals surface area contributed by atoms with Gasteiger partial charge in [-0.1, -0.05) is 77.3 Å². The summed E-state index contributed by atoms with van der Waals surface area (Å²) in [5.74, 6) is 0.941. The third-order valence-corrected chi connectivity index (χ3v) is 5.59. The molecule has 0 fully saturated rings. The topological polar surface area (TPSA) is 0 Å². The summed E-state index contributed by atoms with van der Waals surface area (Å²) in [7, 11) is 1.20. The Bertz CT molecular complexity index is 163. The summed E-state index contributed by atoms with van der Waals surface area (Å²) in [6.45, 7) is 4.67. The van der Waals surface area contributed by atoms with Gasteiger partial charge in [-0.3, -0.25) is 0 Å². The van der Waals surface area contributed by atoms with Gasteiger partial charge in [-0.2, -0.15) is 0 Å².